The van der Waals surface area contributed by atoms with Gasteiger partial charge in [0.25, 0.3) is 0 Å². The predicted molar refractivity (Wildman–Crippen MR) is 93.5 cm³/mol. The Balaban J connectivity index is 1.37. The first-order valence-electron chi connectivity index (χ1n) is 8.44. The number of nitrogens with one attached hydrogen (secondary N) is 1. The highest BCUT2D eigenvalue weighted by atomic mass is 19.1. The molecule has 26 heavy (non-hydrogen) atoms. The van der Waals surface area contributed by atoms with Gasteiger partial charge in [0.1, 0.15) is 11.6 Å². The quantitative estimate of drug-likeness (QED) is 0.728. The zero-order chi connectivity index (χ0) is 17.9. The van der Waals surface area contributed by atoms with Crippen molar-refractivity contribution in [3.05, 3.63) is 60.2 Å². The molecule has 4 rings (SSSR count). The SMILES string of the molecule is Fc1ccnc(N2CCN(Cc3cnc(-c4ccccc4F)[nH]3)CC2)n1. The summed E-state index contributed by atoms with van der Waals surface area (Å²) in [5.74, 6) is 0.144. The van der Waals surface area contributed by atoms with Gasteiger partial charge >= 0.3 is 0 Å². The van der Waals surface area contributed by atoms with Crippen LogP contribution in [0.5, 0.6) is 0 Å². The maximum absolute atomic E-state index is 13.9. The van der Waals surface area contributed by atoms with Crippen LogP contribution in [0.15, 0.2) is 42.7 Å². The minimum absolute atomic E-state index is 0.294. The molecule has 0 bridgehead atoms. The summed E-state index contributed by atoms with van der Waals surface area (Å²) in [6.07, 6.45) is 3.17. The summed E-state index contributed by atoms with van der Waals surface area (Å²) in [6, 6.07) is 7.81. The van der Waals surface area contributed by atoms with Crippen LogP contribution in [0.4, 0.5) is 14.7 Å². The number of rotatable bonds is 4. The van der Waals surface area contributed by atoms with Gasteiger partial charge in [0.05, 0.1) is 5.56 Å². The van der Waals surface area contributed by atoms with Crippen molar-refractivity contribution in [3.63, 3.8) is 0 Å². The van der Waals surface area contributed by atoms with Crippen LogP contribution in [-0.4, -0.2) is 51.0 Å². The van der Waals surface area contributed by atoms with Crippen molar-refractivity contribution in [2.75, 3.05) is 31.1 Å². The molecule has 6 nitrogen and oxygen atoms in total. The van der Waals surface area contributed by atoms with Crippen LogP contribution in [0, 0.1) is 11.8 Å². The molecule has 1 aliphatic rings. The normalized spacial score (nSPS) is 15.4. The summed E-state index contributed by atoms with van der Waals surface area (Å²) in [7, 11) is 0. The number of aromatic amines is 1. The number of H-pyrrole nitrogens is 1. The minimum Gasteiger partial charge on any atom is -0.341 e. The van der Waals surface area contributed by atoms with Crippen molar-refractivity contribution in [2.45, 2.75) is 6.54 Å². The fraction of sp³-hybridized carbons (Fsp3) is 0.278. The van der Waals surface area contributed by atoms with E-state index >= 15 is 0 Å². The Hall–Kier alpha value is -2.87. The zero-order valence-corrected chi connectivity index (χ0v) is 14.1. The van der Waals surface area contributed by atoms with Gasteiger partial charge < -0.3 is 9.88 Å². The van der Waals surface area contributed by atoms with E-state index in [4.69, 9.17) is 0 Å². The van der Waals surface area contributed by atoms with Gasteiger partial charge in [-0.1, -0.05) is 12.1 Å². The van der Waals surface area contributed by atoms with Crippen LogP contribution in [0.25, 0.3) is 11.4 Å². The fourth-order valence-corrected chi connectivity index (χ4v) is 3.06. The second kappa shape index (κ2) is 7.17. The highest BCUT2D eigenvalue weighted by Gasteiger charge is 2.20. The number of anilines is 1. The van der Waals surface area contributed by atoms with E-state index in [0.29, 0.717) is 23.9 Å². The van der Waals surface area contributed by atoms with Crippen LogP contribution < -0.4 is 4.90 Å². The van der Waals surface area contributed by atoms with Gasteiger partial charge in [-0.15, -0.1) is 0 Å². The third-order valence-electron chi connectivity index (χ3n) is 4.42. The number of imidazole rings is 1. The molecule has 2 aromatic heterocycles. The van der Waals surface area contributed by atoms with Gasteiger partial charge in [0.2, 0.25) is 11.9 Å². The van der Waals surface area contributed by atoms with E-state index < -0.39 is 5.95 Å². The summed E-state index contributed by atoms with van der Waals surface area (Å²) < 4.78 is 27.1. The van der Waals surface area contributed by atoms with E-state index in [9.17, 15) is 8.78 Å². The molecule has 8 heteroatoms. The van der Waals surface area contributed by atoms with Gasteiger partial charge in [0.15, 0.2) is 0 Å². The molecule has 0 radical (unpaired) electrons. The van der Waals surface area contributed by atoms with Crippen molar-refractivity contribution in [3.8, 4) is 11.4 Å². The van der Waals surface area contributed by atoms with E-state index in [2.05, 4.69) is 24.8 Å². The Morgan fingerprint density at radius 2 is 1.81 bits per heavy atom. The second-order valence-corrected chi connectivity index (χ2v) is 6.18. The number of nitrogens with zero attached hydrogens (tertiary/aromatic N) is 5. The molecule has 0 amide bonds. The predicted octanol–water partition coefficient (Wildman–Crippen LogP) is 2.47. The van der Waals surface area contributed by atoms with Gasteiger partial charge in [-0.25, -0.2) is 14.4 Å². The Morgan fingerprint density at radius 1 is 1.00 bits per heavy atom. The van der Waals surface area contributed by atoms with Crippen LogP contribution in [-0.2, 0) is 6.54 Å². The first-order valence-corrected chi connectivity index (χ1v) is 8.44. The van der Waals surface area contributed by atoms with E-state index in [-0.39, 0.29) is 5.82 Å². The second-order valence-electron chi connectivity index (χ2n) is 6.18. The smallest absolute Gasteiger partial charge is 0.228 e. The highest BCUT2D eigenvalue weighted by molar-refractivity contribution is 5.55. The number of hydrogen-bond acceptors (Lipinski definition) is 5. The van der Waals surface area contributed by atoms with Crippen LogP contribution in [0.1, 0.15) is 5.69 Å². The molecule has 0 atom stereocenters. The number of hydrogen-bond donors (Lipinski definition) is 1. The van der Waals surface area contributed by atoms with Crippen molar-refractivity contribution in [1.82, 2.24) is 24.8 Å². The van der Waals surface area contributed by atoms with Crippen molar-refractivity contribution in [2.24, 2.45) is 0 Å². The maximum atomic E-state index is 13.9. The van der Waals surface area contributed by atoms with Gasteiger partial charge in [-0.2, -0.15) is 9.37 Å². The van der Waals surface area contributed by atoms with Crippen molar-refractivity contribution in [1.29, 1.82) is 0 Å². The lowest BCUT2D eigenvalue weighted by molar-refractivity contribution is 0.246. The summed E-state index contributed by atoms with van der Waals surface area (Å²) in [5.41, 5.74) is 1.39. The van der Waals surface area contributed by atoms with Crippen molar-refractivity contribution < 1.29 is 8.78 Å². The molecule has 1 saturated heterocycles. The summed E-state index contributed by atoms with van der Waals surface area (Å²) in [5, 5.41) is 0. The Kier molecular flexibility index (Phi) is 4.57. The molecule has 3 aromatic rings. The molecule has 134 valence electrons. The van der Waals surface area contributed by atoms with Gasteiger partial charge in [0, 0.05) is 56.9 Å². The maximum Gasteiger partial charge on any atom is 0.228 e. The molecule has 1 N–H and O–H groups in total. The van der Waals surface area contributed by atoms with E-state index in [0.717, 1.165) is 31.9 Å². The standard InChI is InChI=1S/C18H18F2N6/c19-15-4-2-1-3-14(15)17-22-11-13(23-17)12-25-7-9-26(10-8-25)18-21-6-5-16(20)24-18/h1-6,11H,7-10,12H2,(H,22,23). The number of aromatic nitrogens is 4. The lowest BCUT2D eigenvalue weighted by atomic mass is 10.2. The monoisotopic (exact) mass is 356 g/mol. The van der Waals surface area contributed by atoms with E-state index in [1.807, 2.05) is 4.90 Å². The largest absolute Gasteiger partial charge is 0.341 e. The molecule has 1 aliphatic heterocycles. The number of halogens is 2. The highest BCUT2D eigenvalue weighted by Crippen LogP contribution is 2.20. The average Bonchev–Trinajstić information content (AvgIpc) is 3.11. The average molecular weight is 356 g/mol. The molecule has 3 heterocycles. The van der Waals surface area contributed by atoms with E-state index in [1.165, 1.54) is 18.3 Å². The van der Waals surface area contributed by atoms with E-state index in [1.54, 1.807) is 24.4 Å². The lowest BCUT2D eigenvalue weighted by Crippen LogP contribution is -2.46. The van der Waals surface area contributed by atoms with Gasteiger partial charge in [-0.05, 0) is 12.1 Å². The molecule has 0 saturated carbocycles. The Bertz CT molecular complexity index is 889. The first kappa shape index (κ1) is 16.6. The Morgan fingerprint density at radius 3 is 2.58 bits per heavy atom. The molecule has 1 fully saturated rings. The third kappa shape index (κ3) is 3.55. The van der Waals surface area contributed by atoms with Crippen LogP contribution in [0.3, 0.4) is 0 Å². The number of piperazine rings is 1. The minimum atomic E-state index is -0.518. The molecule has 0 aliphatic carbocycles. The Labute approximate surface area is 149 Å². The first-order chi connectivity index (χ1) is 12.7. The molecule has 1 aromatic carbocycles. The van der Waals surface area contributed by atoms with Crippen LogP contribution >= 0.6 is 0 Å². The number of benzene rings is 1. The van der Waals surface area contributed by atoms with Gasteiger partial charge in [-0.3, -0.25) is 4.90 Å². The zero-order valence-electron chi connectivity index (χ0n) is 14.1. The topological polar surface area (TPSA) is 60.9 Å². The lowest BCUT2D eigenvalue weighted by Gasteiger charge is -2.34. The third-order valence-corrected chi connectivity index (χ3v) is 4.42. The molecule has 0 unspecified atom stereocenters. The molecular formula is C18H18F2N6. The summed E-state index contributed by atoms with van der Waals surface area (Å²) in [4.78, 5) is 19.7. The summed E-state index contributed by atoms with van der Waals surface area (Å²) >= 11 is 0. The van der Waals surface area contributed by atoms with Crippen molar-refractivity contribution >= 4 is 5.95 Å². The fourth-order valence-electron chi connectivity index (χ4n) is 3.06. The molecule has 0 spiro atoms. The molecular weight excluding hydrogens is 338 g/mol. The summed E-state index contributed by atoms with van der Waals surface area (Å²) in [6.45, 7) is 3.73. The van der Waals surface area contributed by atoms with Crippen LogP contribution in [0.2, 0.25) is 0 Å².